The molecule has 0 bridgehead atoms. The fourth-order valence-electron chi connectivity index (χ4n) is 3.84. The maximum atomic E-state index is 13.3. The van der Waals surface area contributed by atoms with Gasteiger partial charge in [-0.05, 0) is 34.7 Å². The zero-order valence-corrected chi connectivity index (χ0v) is 17.3. The van der Waals surface area contributed by atoms with E-state index in [1.807, 2.05) is 24.3 Å². The van der Waals surface area contributed by atoms with Gasteiger partial charge >= 0.3 is 0 Å². The Morgan fingerprint density at radius 2 is 1.79 bits per heavy atom. The zero-order valence-electron chi connectivity index (χ0n) is 16.5. The van der Waals surface area contributed by atoms with Gasteiger partial charge in [-0.3, -0.25) is 9.59 Å². The number of rotatable bonds is 3. The molecular formula is C23H22ClNO4. The first-order valence-electron chi connectivity index (χ1n) is 9.51. The third-order valence-corrected chi connectivity index (χ3v) is 5.60. The number of nitrogens with zero attached hydrogens (tertiary/aromatic N) is 1. The predicted molar refractivity (Wildman–Crippen MR) is 113 cm³/mol. The molecule has 150 valence electrons. The highest BCUT2D eigenvalue weighted by Crippen LogP contribution is 2.38. The van der Waals surface area contributed by atoms with Crippen molar-refractivity contribution in [1.29, 1.82) is 0 Å². The maximum absolute atomic E-state index is 13.3. The number of fused-ring (bicyclic) bond motifs is 2. The number of hydrogen-bond acceptors (Lipinski definition) is 4. The average molecular weight is 412 g/mol. The van der Waals surface area contributed by atoms with Gasteiger partial charge in [0.1, 0.15) is 5.58 Å². The van der Waals surface area contributed by atoms with E-state index < -0.39 is 11.9 Å². The molecule has 0 unspecified atom stereocenters. The monoisotopic (exact) mass is 411 g/mol. The highest BCUT2D eigenvalue weighted by atomic mass is 35.5. The normalized spacial score (nSPS) is 16.5. The summed E-state index contributed by atoms with van der Waals surface area (Å²) in [4.78, 5) is 27.8. The maximum Gasteiger partial charge on any atom is 0.290 e. The molecule has 5 nitrogen and oxygen atoms in total. The van der Waals surface area contributed by atoms with Gasteiger partial charge in [-0.15, -0.1) is 0 Å². The molecule has 1 amide bonds. The second-order valence-corrected chi connectivity index (χ2v) is 8.75. The molecule has 0 fully saturated rings. The molecule has 0 aliphatic carbocycles. The third-order valence-electron chi connectivity index (χ3n) is 5.36. The highest BCUT2D eigenvalue weighted by molar-refractivity contribution is 6.31. The van der Waals surface area contributed by atoms with E-state index in [0.29, 0.717) is 21.6 Å². The minimum Gasteiger partial charge on any atom is -0.450 e. The zero-order chi connectivity index (χ0) is 20.9. The summed E-state index contributed by atoms with van der Waals surface area (Å²) in [6, 6.07) is 12.0. The van der Waals surface area contributed by atoms with Gasteiger partial charge in [0, 0.05) is 11.6 Å². The van der Waals surface area contributed by atoms with Gasteiger partial charge in [0.25, 0.3) is 5.91 Å². The summed E-state index contributed by atoms with van der Waals surface area (Å²) >= 11 is 6.07. The van der Waals surface area contributed by atoms with Gasteiger partial charge in [-0.25, -0.2) is 0 Å². The largest absolute Gasteiger partial charge is 0.450 e. The Morgan fingerprint density at radius 3 is 2.41 bits per heavy atom. The summed E-state index contributed by atoms with van der Waals surface area (Å²) in [6.07, 6.45) is 0. The second kappa shape index (κ2) is 7.01. The molecule has 6 heteroatoms. The number of hydrogen-bond donors (Lipinski definition) is 1. The van der Waals surface area contributed by atoms with Crippen molar-refractivity contribution in [1.82, 2.24) is 4.90 Å². The fourth-order valence-corrected chi connectivity index (χ4v) is 4.02. The van der Waals surface area contributed by atoms with Gasteiger partial charge in [0.05, 0.1) is 23.6 Å². The number of benzene rings is 2. The number of halogens is 1. The standard InChI is InChI=1S/C23H22ClNO4/c1-23(2,3)14-6-4-13(5-7-14)19-18-20(27)16-12-15(24)8-9-17(16)29-21(18)22(28)25(19)10-11-26/h4-9,12,19,26H,10-11H2,1-3H3/t19-/m1/s1. The van der Waals surface area contributed by atoms with Gasteiger partial charge in [0.15, 0.2) is 5.43 Å². The molecule has 0 radical (unpaired) electrons. The van der Waals surface area contributed by atoms with Gasteiger partial charge < -0.3 is 14.4 Å². The second-order valence-electron chi connectivity index (χ2n) is 8.31. The van der Waals surface area contributed by atoms with Crippen LogP contribution in [-0.2, 0) is 5.41 Å². The summed E-state index contributed by atoms with van der Waals surface area (Å²) in [5, 5.41) is 10.3. The van der Waals surface area contributed by atoms with E-state index in [4.69, 9.17) is 16.0 Å². The van der Waals surface area contributed by atoms with Crippen LogP contribution in [0.3, 0.4) is 0 Å². The molecule has 0 spiro atoms. The lowest BCUT2D eigenvalue weighted by Crippen LogP contribution is -2.32. The van der Waals surface area contributed by atoms with Crippen molar-refractivity contribution in [2.75, 3.05) is 13.2 Å². The molecule has 3 aromatic rings. The molecule has 2 heterocycles. The number of amides is 1. The highest BCUT2D eigenvalue weighted by Gasteiger charge is 2.42. The van der Waals surface area contributed by atoms with E-state index in [1.54, 1.807) is 18.2 Å². The van der Waals surface area contributed by atoms with E-state index in [2.05, 4.69) is 20.8 Å². The Bertz CT molecular complexity index is 1160. The van der Waals surface area contributed by atoms with Crippen LogP contribution in [0.25, 0.3) is 11.0 Å². The van der Waals surface area contributed by atoms with Crippen molar-refractivity contribution in [3.63, 3.8) is 0 Å². The van der Waals surface area contributed by atoms with Crippen LogP contribution in [0, 0.1) is 0 Å². The number of carbonyl (C=O) groups is 1. The van der Waals surface area contributed by atoms with E-state index in [1.165, 1.54) is 4.90 Å². The van der Waals surface area contributed by atoms with Crippen LogP contribution >= 0.6 is 11.6 Å². The van der Waals surface area contributed by atoms with Crippen molar-refractivity contribution >= 4 is 28.5 Å². The van der Waals surface area contributed by atoms with Gasteiger partial charge in [-0.1, -0.05) is 56.6 Å². The lowest BCUT2D eigenvalue weighted by Gasteiger charge is -2.25. The van der Waals surface area contributed by atoms with Crippen LogP contribution in [0.5, 0.6) is 0 Å². The summed E-state index contributed by atoms with van der Waals surface area (Å²) in [6.45, 7) is 6.26. The average Bonchev–Trinajstić information content (AvgIpc) is 2.95. The van der Waals surface area contributed by atoms with Crippen molar-refractivity contribution in [2.24, 2.45) is 0 Å². The first kappa shape index (κ1) is 19.7. The topological polar surface area (TPSA) is 70.8 Å². The summed E-state index contributed by atoms with van der Waals surface area (Å²) in [5.74, 6) is -0.365. The number of aliphatic hydroxyl groups excluding tert-OH is 1. The molecule has 1 N–H and O–H groups in total. The molecule has 29 heavy (non-hydrogen) atoms. The smallest absolute Gasteiger partial charge is 0.290 e. The molecular weight excluding hydrogens is 390 g/mol. The molecule has 0 saturated carbocycles. The molecule has 1 aliphatic rings. The lowest BCUT2D eigenvalue weighted by molar-refractivity contribution is 0.0691. The van der Waals surface area contributed by atoms with Crippen LogP contribution < -0.4 is 5.43 Å². The lowest BCUT2D eigenvalue weighted by atomic mass is 9.86. The van der Waals surface area contributed by atoms with Crippen LogP contribution in [0.1, 0.15) is 54.1 Å². The summed E-state index contributed by atoms with van der Waals surface area (Å²) < 4.78 is 5.83. The van der Waals surface area contributed by atoms with Crippen LogP contribution in [0.2, 0.25) is 5.02 Å². The SMILES string of the molecule is CC(C)(C)c1ccc([C@@H]2c3c(oc4ccc(Cl)cc4c3=O)C(=O)N2CCO)cc1. The van der Waals surface area contributed by atoms with Gasteiger partial charge in [-0.2, -0.15) is 0 Å². The number of aliphatic hydroxyl groups is 1. The van der Waals surface area contributed by atoms with E-state index in [0.717, 1.165) is 11.1 Å². The van der Waals surface area contributed by atoms with E-state index in [-0.39, 0.29) is 29.8 Å². The van der Waals surface area contributed by atoms with Crippen molar-refractivity contribution in [3.8, 4) is 0 Å². The molecule has 1 atom stereocenters. The molecule has 1 aromatic heterocycles. The Kier molecular flexibility index (Phi) is 4.75. The van der Waals surface area contributed by atoms with Crippen LogP contribution in [0.15, 0.2) is 51.7 Å². The quantitative estimate of drug-likeness (QED) is 0.698. The number of β-amino-alcohol motifs (C(OH)–C–C–N with tert-alkyl or cyclic N) is 1. The van der Waals surface area contributed by atoms with Crippen molar-refractivity contribution in [2.45, 2.75) is 32.2 Å². The molecule has 0 saturated heterocycles. The fraction of sp³-hybridized carbons (Fsp3) is 0.304. The summed E-state index contributed by atoms with van der Waals surface area (Å²) in [7, 11) is 0. The Hall–Kier alpha value is -2.63. The Labute approximate surface area is 173 Å². The molecule has 2 aromatic carbocycles. The minimum absolute atomic E-state index is 0.0152. The first-order chi connectivity index (χ1) is 13.7. The van der Waals surface area contributed by atoms with Crippen LogP contribution in [0.4, 0.5) is 0 Å². The van der Waals surface area contributed by atoms with Crippen molar-refractivity contribution < 1.29 is 14.3 Å². The molecule has 4 rings (SSSR count). The van der Waals surface area contributed by atoms with Crippen LogP contribution in [-0.4, -0.2) is 29.1 Å². The third kappa shape index (κ3) is 3.24. The minimum atomic E-state index is -0.613. The first-order valence-corrected chi connectivity index (χ1v) is 9.88. The predicted octanol–water partition coefficient (Wildman–Crippen LogP) is 4.28. The van der Waals surface area contributed by atoms with E-state index >= 15 is 0 Å². The molecule has 1 aliphatic heterocycles. The van der Waals surface area contributed by atoms with E-state index in [9.17, 15) is 14.7 Å². The van der Waals surface area contributed by atoms with Crippen molar-refractivity contribution in [3.05, 3.63) is 80.2 Å². The Morgan fingerprint density at radius 1 is 1.10 bits per heavy atom. The summed E-state index contributed by atoms with van der Waals surface area (Å²) in [5.41, 5.74) is 2.27. The van der Waals surface area contributed by atoms with Gasteiger partial charge in [0.2, 0.25) is 5.76 Å². The number of carbonyl (C=O) groups excluding carboxylic acids is 1. The Balaban J connectivity index is 1.94.